The van der Waals surface area contributed by atoms with Crippen LogP contribution in [0.4, 0.5) is 0 Å². The highest BCUT2D eigenvalue weighted by molar-refractivity contribution is 4.82. The first-order chi connectivity index (χ1) is 4.86. The van der Waals surface area contributed by atoms with E-state index in [1.54, 1.807) is 0 Å². The molecule has 2 saturated heterocycles. The topological polar surface area (TPSA) is 32.7 Å². The maximum absolute atomic E-state index is 9.27. The van der Waals surface area contributed by atoms with Crippen molar-refractivity contribution in [2.75, 3.05) is 19.9 Å². The Balaban J connectivity index is 1.96. The Kier molecular flexibility index (Phi) is 1.64. The van der Waals surface area contributed by atoms with Gasteiger partial charge in [-0.3, -0.25) is 4.90 Å². The molecular weight excluding hydrogens is 130 g/mol. The minimum Gasteiger partial charge on any atom is -0.393 e. The van der Waals surface area contributed by atoms with Gasteiger partial charge < -0.3 is 9.84 Å². The lowest BCUT2D eigenvalue weighted by molar-refractivity contribution is 0.0587. The fourth-order valence-electron chi connectivity index (χ4n) is 1.73. The van der Waals surface area contributed by atoms with E-state index in [-0.39, 0.29) is 6.10 Å². The van der Waals surface area contributed by atoms with Gasteiger partial charge in [-0.15, -0.1) is 0 Å². The molecule has 2 aliphatic heterocycles. The molecule has 2 aliphatic rings. The van der Waals surface area contributed by atoms with Crippen LogP contribution in [-0.2, 0) is 4.74 Å². The van der Waals surface area contributed by atoms with E-state index in [2.05, 4.69) is 4.90 Å². The molecule has 2 fully saturated rings. The van der Waals surface area contributed by atoms with Gasteiger partial charge in [-0.1, -0.05) is 0 Å². The fraction of sp³-hybridized carbons (Fsp3) is 1.00. The van der Waals surface area contributed by atoms with Crippen LogP contribution in [0.5, 0.6) is 0 Å². The fourth-order valence-corrected chi connectivity index (χ4v) is 1.73. The van der Waals surface area contributed by atoms with E-state index in [4.69, 9.17) is 4.74 Å². The number of fused-ring (bicyclic) bond motifs is 1. The monoisotopic (exact) mass is 143 g/mol. The van der Waals surface area contributed by atoms with Gasteiger partial charge in [-0.05, 0) is 12.8 Å². The molecule has 58 valence electrons. The van der Waals surface area contributed by atoms with Crippen LogP contribution in [0.1, 0.15) is 12.8 Å². The SMILES string of the molecule is O[C@@H]1CCN2COC[C@@H]2C1. The van der Waals surface area contributed by atoms with E-state index in [0.717, 1.165) is 32.7 Å². The number of rotatable bonds is 0. The molecule has 0 saturated carbocycles. The average Bonchev–Trinajstić information content (AvgIpc) is 2.33. The molecular formula is C7H13NO2. The van der Waals surface area contributed by atoms with E-state index in [1.807, 2.05) is 0 Å². The number of aliphatic hydroxyl groups excluding tert-OH is 1. The van der Waals surface area contributed by atoms with E-state index in [0.29, 0.717) is 6.04 Å². The van der Waals surface area contributed by atoms with Gasteiger partial charge in [0, 0.05) is 12.6 Å². The van der Waals surface area contributed by atoms with Crippen molar-refractivity contribution in [1.82, 2.24) is 4.90 Å². The zero-order valence-electron chi connectivity index (χ0n) is 5.99. The Labute approximate surface area is 60.6 Å². The zero-order chi connectivity index (χ0) is 6.97. The number of nitrogens with zero attached hydrogens (tertiary/aromatic N) is 1. The molecule has 0 bridgehead atoms. The summed E-state index contributed by atoms with van der Waals surface area (Å²) in [6.45, 7) is 2.60. The molecule has 3 heteroatoms. The zero-order valence-corrected chi connectivity index (χ0v) is 5.99. The molecule has 0 unspecified atom stereocenters. The maximum atomic E-state index is 9.27. The minimum atomic E-state index is -0.0806. The lowest BCUT2D eigenvalue weighted by Crippen LogP contribution is -2.41. The molecule has 2 heterocycles. The van der Waals surface area contributed by atoms with Gasteiger partial charge in [0.2, 0.25) is 0 Å². The summed E-state index contributed by atoms with van der Waals surface area (Å²) in [5.74, 6) is 0. The van der Waals surface area contributed by atoms with Crippen LogP contribution in [0, 0.1) is 0 Å². The van der Waals surface area contributed by atoms with Gasteiger partial charge in [0.15, 0.2) is 0 Å². The molecule has 0 aromatic rings. The lowest BCUT2D eigenvalue weighted by atomic mass is 10.0. The second kappa shape index (κ2) is 2.49. The second-order valence-electron chi connectivity index (χ2n) is 3.14. The van der Waals surface area contributed by atoms with Crippen LogP contribution >= 0.6 is 0 Å². The van der Waals surface area contributed by atoms with Crippen LogP contribution in [0.15, 0.2) is 0 Å². The lowest BCUT2D eigenvalue weighted by Gasteiger charge is -2.30. The molecule has 10 heavy (non-hydrogen) atoms. The molecule has 1 N–H and O–H groups in total. The predicted octanol–water partition coefficient (Wildman–Crippen LogP) is -0.201. The molecule has 0 radical (unpaired) electrons. The summed E-state index contributed by atoms with van der Waals surface area (Å²) in [6, 6.07) is 0.503. The first-order valence-corrected chi connectivity index (χ1v) is 3.86. The van der Waals surface area contributed by atoms with Crippen molar-refractivity contribution in [3.63, 3.8) is 0 Å². The molecule has 0 aromatic carbocycles. The molecule has 0 aliphatic carbocycles. The van der Waals surface area contributed by atoms with Gasteiger partial charge >= 0.3 is 0 Å². The number of ether oxygens (including phenoxy) is 1. The molecule has 2 atom stereocenters. The highest BCUT2D eigenvalue weighted by Gasteiger charge is 2.31. The normalized spacial score (nSPS) is 41.7. The Morgan fingerprint density at radius 1 is 1.50 bits per heavy atom. The van der Waals surface area contributed by atoms with Crippen LogP contribution in [0.2, 0.25) is 0 Å². The standard InChI is InChI=1S/C7H13NO2/c9-7-1-2-8-5-10-4-6(8)3-7/h6-7,9H,1-5H2/t6-,7+/m0/s1. The molecule has 0 spiro atoms. The van der Waals surface area contributed by atoms with Crippen LogP contribution in [0.25, 0.3) is 0 Å². The Bertz CT molecular complexity index is 129. The average molecular weight is 143 g/mol. The third kappa shape index (κ3) is 1.05. The number of aliphatic hydroxyl groups is 1. The van der Waals surface area contributed by atoms with E-state index >= 15 is 0 Å². The second-order valence-corrected chi connectivity index (χ2v) is 3.14. The van der Waals surface area contributed by atoms with E-state index in [1.165, 1.54) is 0 Å². The number of hydrogen-bond acceptors (Lipinski definition) is 3. The summed E-state index contributed by atoms with van der Waals surface area (Å²) in [6.07, 6.45) is 1.74. The first-order valence-electron chi connectivity index (χ1n) is 3.86. The van der Waals surface area contributed by atoms with Crippen molar-refractivity contribution in [2.24, 2.45) is 0 Å². The summed E-state index contributed by atoms with van der Waals surface area (Å²) in [7, 11) is 0. The van der Waals surface area contributed by atoms with Gasteiger partial charge in [0.05, 0.1) is 19.4 Å². The Hall–Kier alpha value is -0.120. The summed E-state index contributed by atoms with van der Waals surface area (Å²) >= 11 is 0. The molecule has 2 rings (SSSR count). The predicted molar refractivity (Wildman–Crippen MR) is 36.6 cm³/mol. The smallest absolute Gasteiger partial charge is 0.0994 e. The van der Waals surface area contributed by atoms with Crippen molar-refractivity contribution in [1.29, 1.82) is 0 Å². The van der Waals surface area contributed by atoms with Crippen molar-refractivity contribution in [2.45, 2.75) is 25.0 Å². The third-order valence-electron chi connectivity index (χ3n) is 2.38. The van der Waals surface area contributed by atoms with Crippen molar-refractivity contribution < 1.29 is 9.84 Å². The van der Waals surface area contributed by atoms with E-state index < -0.39 is 0 Å². The van der Waals surface area contributed by atoms with Crippen LogP contribution < -0.4 is 0 Å². The number of hydrogen-bond donors (Lipinski definition) is 1. The van der Waals surface area contributed by atoms with Gasteiger partial charge in [-0.25, -0.2) is 0 Å². The molecule has 0 aromatic heterocycles. The van der Waals surface area contributed by atoms with E-state index in [9.17, 15) is 5.11 Å². The highest BCUT2D eigenvalue weighted by atomic mass is 16.5. The Morgan fingerprint density at radius 3 is 3.30 bits per heavy atom. The van der Waals surface area contributed by atoms with Crippen LogP contribution in [-0.4, -0.2) is 42.0 Å². The minimum absolute atomic E-state index is 0.0806. The summed E-state index contributed by atoms with van der Waals surface area (Å²) in [5.41, 5.74) is 0. The largest absolute Gasteiger partial charge is 0.393 e. The summed E-state index contributed by atoms with van der Waals surface area (Å²) < 4.78 is 5.25. The maximum Gasteiger partial charge on any atom is 0.0994 e. The third-order valence-corrected chi connectivity index (χ3v) is 2.38. The van der Waals surface area contributed by atoms with Gasteiger partial charge in [-0.2, -0.15) is 0 Å². The van der Waals surface area contributed by atoms with Gasteiger partial charge in [0.25, 0.3) is 0 Å². The molecule has 0 amide bonds. The van der Waals surface area contributed by atoms with Crippen molar-refractivity contribution in [3.8, 4) is 0 Å². The summed E-state index contributed by atoms with van der Waals surface area (Å²) in [4.78, 5) is 2.30. The quantitative estimate of drug-likeness (QED) is 0.509. The molecule has 3 nitrogen and oxygen atoms in total. The summed E-state index contributed by atoms with van der Waals surface area (Å²) in [5, 5.41) is 9.27. The van der Waals surface area contributed by atoms with Gasteiger partial charge in [0.1, 0.15) is 0 Å². The van der Waals surface area contributed by atoms with Crippen molar-refractivity contribution in [3.05, 3.63) is 0 Å². The first kappa shape index (κ1) is 6.58. The van der Waals surface area contributed by atoms with Crippen LogP contribution in [0.3, 0.4) is 0 Å². The number of piperidine rings is 1. The highest BCUT2D eigenvalue weighted by Crippen LogP contribution is 2.21. The Morgan fingerprint density at radius 2 is 2.40 bits per heavy atom. The van der Waals surface area contributed by atoms with Crippen molar-refractivity contribution >= 4 is 0 Å².